The first kappa shape index (κ1) is 18.9. The maximum atomic E-state index is 12.1. The van der Waals surface area contributed by atoms with Crippen molar-refractivity contribution < 1.29 is 9.59 Å². The number of hydrogen-bond acceptors (Lipinski definition) is 6. The lowest BCUT2D eigenvalue weighted by Crippen LogP contribution is -2.19. The van der Waals surface area contributed by atoms with Crippen LogP contribution in [0.15, 0.2) is 64.2 Å². The number of amides is 2. The highest BCUT2D eigenvalue weighted by Gasteiger charge is 2.12. The van der Waals surface area contributed by atoms with Gasteiger partial charge in [0.25, 0.3) is 5.91 Å². The van der Waals surface area contributed by atoms with E-state index in [9.17, 15) is 9.59 Å². The highest BCUT2D eigenvalue weighted by Crippen LogP contribution is 2.17. The molecule has 3 aromatic rings. The minimum atomic E-state index is -0.316. The van der Waals surface area contributed by atoms with Gasteiger partial charge in [-0.1, -0.05) is 57.6 Å². The first-order valence-corrected chi connectivity index (χ1v) is 9.47. The Morgan fingerprint density at radius 2 is 1.81 bits per heavy atom. The second-order valence-electron chi connectivity index (χ2n) is 5.34. The molecule has 2 N–H and O–H groups in total. The van der Waals surface area contributed by atoms with Crippen molar-refractivity contribution in [3.63, 3.8) is 0 Å². The molecule has 1 heterocycles. The van der Waals surface area contributed by atoms with Crippen molar-refractivity contribution in [2.75, 3.05) is 5.32 Å². The van der Waals surface area contributed by atoms with Crippen molar-refractivity contribution >= 4 is 50.4 Å². The van der Waals surface area contributed by atoms with E-state index in [1.165, 1.54) is 0 Å². The maximum absolute atomic E-state index is 12.1. The Bertz CT molecular complexity index is 957. The van der Waals surface area contributed by atoms with E-state index in [0.29, 0.717) is 15.7 Å². The predicted molar refractivity (Wildman–Crippen MR) is 108 cm³/mol. The minimum absolute atomic E-state index is 0.0257. The second-order valence-corrected chi connectivity index (χ2v) is 7.32. The first-order chi connectivity index (χ1) is 13.1. The van der Waals surface area contributed by atoms with Gasteiger partial charge >= 0.3 is 0 Å². The Balaban J connectivity index is 1.51. The molecule has 2 amide bonds. The number of carbonyl (C=O) groups excluding carboxylic acids is 2. The van der Waals surface area contributed by atoms with Gasteiger partial charge in [-0.05, 0) is 29.8 Å². The lowest BCUT2D eigenvalue weighted by Gasteiger charge is -2.00. The largest absolute Gasteiger partial charge is 0.296 e. The molecule has 0 aliphatic rings. The minimum Gasteiger partial charge on any atom is -0.296 e. The van der Waals surface area contributed by atoms with Crippen LogP contribution >= 0.6 is 27.3 Å². The highest BCUT2D eigenvalue weighted by molar-refractivity contribution is 9.10. The number of carbonyl (C=O) groups is 2. The fourth-order valence-corrected chi connectivity index (χ4v) is 3.04. The van der Waals surface area contributed by atoms with E-state index in [1.54, 1.807) is 30.5 Å². The molecule has 0 fully saturated rings. The summed E-state index contributed by atoms with van der Waals surface area (Å²) in [7, 11) is 0. The molecule has 0 unspecified atom stereocenters. The van der Waals surface area contributed by atoms with Gasteiger partial charge in [0.2, 0.25) is 11.0 Å². The summed E-state index contributed by atoms with van der Waals surface area (Å²) in [6.07, 6.45) is 1.58. The Kier molecular flexibility index (Phi) is 6.39. The zero-order valence-electron chi connectivity index (χ0n) is 13.9. The lowest BCUT2D eigenvalue weighted by molar-refractivity contribution is -0.120. The topological polar surface area (TPSA) is 96.3 Å². The Morgan fingerprint density at radius 1 is 1.07 bits per heavy atom. The number of rotatable bonds is 6. The quantitative estimate of drug-likeness (QED) is 0.451. The van der Waals surface area contributed by atoms with Gasteiger partial charge in [0, 0.05) is 10.0 Å². The van der Waals surface area contributed by atoms with Gasteiger partial charge in [0.05, 0.1) is 12.6 Å². The van der Waals surface area contributed by atoms with Gasteiger partial charge in [0.15, 0.2) is 0 Å². The van der Waals surface area contributed by atoms with E-state index in [4.69, 9.17) is 0 Å². The molecule has 27 heavy (non-hydrogen) atoms. The van der Waals surface area contributed by atoms with Crippen molar-refractivity contribution in [3.8, 4) is 0 Å². The number of nitrogens with one attached hydrogen (secondary N) is 2. The molecule has 0 bridgehead atoms. The molecule has 3 rings (SSSR count). The van der Waals surface area contributed by atoms with Gasteiger partial charge in [-0.3, -0.25) is 14.9 Å². The lowest BCUT2D eigenvalue weighted by atomic mass is 10.2. The van der Waals surface area contributed by atoms with E-state index in [0.717, 1.165) is 21.4 Å². The summed E-state index contributed by atoms with van der Waals surface area (Å²) in [5, 5.41) is 15.2. The predicted octanol–water partition coefficient (Wildman–Crippen LogP) is 3.25. The molecule has 136 valence electrons. The van der Waals surface area contributed by atoms with Gasteiger partial charge in [-0.25, -0.2) is 5.43 Å². The number of hydrogen-bond donors (Lipinski definition) is 2. The van der Waals surface area contributed by atoms with Crippen molar-refractivity contribution in [1.29, 1.82) is 0 Å². The Hall–Kier alpha value is -2.91. The second kappa shape index (κ2) is 9.15. The Labute approximate surface area is 167 Å². The summed E-state index contributed by atoms with van der Waals surface area (Å²) in [6.45, 7) is 0. The third kappa shape index (κ3) is 5.80. The fraction of sp³-hybridized carbons (Fsp3) is 0.0556. The SMILES string of the molecule is O=C(Cc1nnc(NC(=O)c2ccc(Br)cc2)s1)N/N=C\c1ccccc1. The van der Waals surface area contributed by atoms with Crippen molar-refractivity contribution in [2.24, 2.45) is 5.10 Å². The van der Waals surface area contributed by atoms with Crippen LogP contribution in [0, 0.1) is 0 Å². The molecule has 1 aromatic heterocycles. The number of anilines is 1. The van der Waals surface area contributed by atoms with Crippen LogP contribution in [-0.4, -0.2) is 28.2 Å². The molecule has 0 saturated carbocycles. The monoisotopic (exact) mass is 443 g/mol. The number of aromatic nitrogens is 2. The van der Waals surface area contributed by atoms with Crippen LogP contribution in [0.5, 0.6) is 0 Å². The molecule has 7 nitrogen and oxygen atoms in total. The molecule has 0 radical (unpaired) electrons. The first-order valence-electron chi connectivity index (χ1n) is 7.86. The van der Waals surface area contributed by atoms with Crippen molar-refractivity contribution in [2.45, 2.75) is 6.42 Å². The van der Waals surface area contributed by atoms with Crippen LogP contribution in [0.25, 0.3) is 0 Å². The molecule has 0 saturated heterocycles. The van der Waals surface area contributed by atoms with Crippen LogP contribution < -0.4 is 10.7 Å². The van der Waals surface area contributed by atoms with Crippen molar-refractivity contribution in [3.05, 3.63) is 75.2 Å². The smallest absolute Gasteiger partial charge is 0.257 e. The standard InChI is InChI=1S/C18H14BrN5O2S/c19-14-8-6-13(7-9-14)17(26)21-18-24-23-16(27-18)10-15(25)22-20-11-12-4-2-1-3-5-12/h1-9,11H,10H2,(H,22,25)(H,21,24,26)/b20-11-. The third-order valence-electron chi connectivity index (χ3n) is 3.31. The average molecular weight is 444 g/mol. The van der Waals surface area contributed by atoms with E-state index in [2.05, 4.69) is 42.0 Å². The van der Waals surface area contributed by atoms with E-state index < -0.39 is 0 Å². The zero-order valence-corrected chi connectivity index (χ0v) is 16.3. The number of halogens is 1. The van der Waals surface area contributed by atoms with Crippen LogP contribution in [0.3, 0.4) is 0 Å². The summed E-state index contributed by atoms with van der Waals surface area (Å²) in [6, 6.07) is 16.4. The molecular weight excluding hydrogens is 430 g/mol. The van der Waals surface area contributed by atoms with Crippen LogP contribution in [-0.2, 0) is 11.2 Å². The maximum Gasteiger partial charge on any atom is 0.257 e. The van der Waals surface area contributed by atoms with E-state index >= 15 is 0 Å². The van der Waals surface area contributed by atoms with Gasteiger partial charge in [0.1, 0.15) is 5.01 Å². The fourth-order valence-electron chi connectivity index (χ4n) is 2.04. The summed E-state index contributed by atoms with van der Waals surface area (Å²) in [5.41, 5.74) is 3.82. The summed E-state index contributed by atoms with van der Waals surface area (Å²) >= 11 is 4.46. The molecule has 0 atom stereocenters. The van der Waals surface area contributed by atoms with E-state index in [1.807, 2.05) is 30.3 Å². The molecular formula is C18H14BrN5O2S. The molecule has 0 aliphatic carbocycles. The molecule has 2 aromatic carbocycles. The van der Waals surface area contributed by atoms with Crippen LogP contribution in [0.2, 0.25) is 0 Å². The van der Waals surface area contributed by atoms with E-state index in [-0.39, 0.29) is 18.2 Å². The normalized spacial score (nSPS) is 10.7. The third-order valence-corrected chi connectivity index (χ3v) is 4.68. The zero-order chi connectivity index (χ0) is 19.1. The molecule has 0 spiro atoms. The van der Waals surface area contributed by atoms with Crippen LogP contribution in [0.1, 0.15) is 20.9 Å². The van der Waals surface area contributed by atoms with Gasteiger partial charge in [-0.15, -0.1) is 10.2 Å². The highest BCUT2D eigenvalue weighted by atomic mass is 79.9. The number of hydrazone groups is 1. The number of nitrogens with zero attached hydrogens (tertiary/aromatic N) is 3. The average Bonchev–Trinajstić information content (AvgIpc) is 3.09. The molecule has 0 aliphatic heterocycles. The Morgan fingerprint density at radius 3 is 2.56 bits per heavy atom. The summed E-state index contributed by atoms with van der Waals surface area (Å²) < 4.78 is 0.887. The van der Waals surface area contributed by atoms with Crippen LogP contribution in [0.4, 0.5) is 5.13 Å². The van der Waals surface area contributed by atoms with Crippen molar-refractivity contribution in [1.82, 2.24) is 15.6 Å². The number of benzene rings is 2. The van der Waals surface area contributed by atoms with Gasteiger partial charge in [-0.2, -0.15) is 5.10 Å². The van der Waals surface area contributed by atoms with Gasteiger partial charge < -0.3 is 0 Å². The summed E-state index contributed by atoms with van der Waals surface area (Å²) in [5.74, 6) is -0.605. The molecule has 9 heteroatoms. The summed E-state index contributed by atoms with van der Waals surface area (Å²) in [4.78, 5) is 24.1.